The molecule has 0 atom stereocenters. The van der Waals surface area contributed by atoms with Crippen LogP contribution in [0.4, 0.5) is 17.2 Å². The number of hydrogen-bond donors (Lipinski definition) is 1. The number of nitrogens with zero attached hydrogens (tertiary/aromatic N) is 4. The lowest BCUT2D eigenvalue weighted by Gasteiger charge is -2.36. The number of aryl methyl sites for hydroxylation is 1. The number of carbonyl (C=O) groups is 1. The third-order valence-electron chi connectivity index (χ3n) is 4.86. The fraction of sp³-hybridized carbons (Fsp3) is 0.136. The van der Waals surface area contributed by atoms with Crippen LogP contribution in [0, 0.1) is 18.3 Å². The van der Waals surface area contributed by atoms with Gasteiger partial charge in [-0.15, -0.1) is 0 Å². The van der Waals surface area contributed by atoms with Crippen molar-refractivity contribution >= 4 is 33.1 Å². The zero-order chi connectivity index (χ0) is 22.0. The number of hydrogen-bond acceptors (Lipinski definition) is 6. The molecule has 0 fully saturated rings. The summed E-state index contributed by atoms with van der Waals surface area (Å²) in [4.78, 5) is 18.7. The predicted octanol–water partition coefficient (Wildman–Crippen LogP) is 3.00. The average Bonchev–Trinajstić information content (AvgIpc) is 2.77. The minimum Gasteiger partial charge on any atom is -0.325 e. The molecule has 31 heavy (non-hydrogen) atoms. The monoisotopic (exact) mass is 433 g/mol. The van der Waals surface area contributed by atoms with Crippen LogP contribution in [0.5, 0.6) is 0 Å². The highest BCUT2D eigenvalue weighted by Crippen LogP contribution is 2.36. The van der Waals surface area contributed by atoms with Crippen molar-refractivity contribution in [2.24, 2.45) is 0 Å². The van der Waals surface area contributed by atoms with Crippen molar-refractivity contribution in [3.63, 3.8) is 0 Å². The Balaban J connectivity index is 1.64. The molecule has 0 aliphatic carbocycles. The smallest absolute Gasteiger partial charge is 0.248 e. The highest BCUT2D eigenvalue weighted by molar-refractivity contribution is 7.89. The van der Waals surface area contributed by atoms with Gasteiger partial charge in [0.1, 0.15) is 4.90 Å². The maximum atomic E-state index is 13.2. The van der Waals surface area contributed by atoms with E-state index < -0.39 is 15.9 Å². The molecular weight excluding hydrogens is 414 g/mol. The van der Waals surface area contributed by atoms with E-state index in [0.29, 0.717) is 17.1 Å². The maximum Gasteiger partial charge on any atom is 0.248 e. The van der Waals surface area contributed by atoms with Crippen LogP contribution in [-0.4, -0.2) is 36.8 Å². The Morgan fingerprint density at radius 1 is 1.16 bits per heavy atom. The molecule has 0 bridgehead atoms. The van der Waals surface area contributed by atoms with Crippen molar-refractivity contribution in [2.45, 2.75) is 11.8 Å². The van der Waals surface area contributed by atoms with Crippen LogP contribution in [0.1, 0.15) is 11.1 Å². The molecule has 2 aromatic carbocycles. The summed E-state index contributed by atoms with van der Waals surface area (Å²) in [6, 6.07) is 19.1. The molecule has 1 aliphatic heterocycles. The molecule has 3 aromatic rings. The third-order valence-corrected chi connectivity index (χ3v) is 6.66. The number of carbonyl (C=O) groups excluding carboxylic acids is 1. The van der Waals surface area contributed by atoms with Gasteiger partial charge in [0, 0.05) is 17.6 Å². The molecule has 0 spiro atoms. The number of anilines is 3. The lowest BCUT2D eigenvalue weighted by molar-refractivity contribution is -0.116. The SMILES string of the molecule is Cc1ccc(N2CN(CC(=O)Nc3cccc(C#N)c3)S(=O)(=O)c3cccnc32)cc1. The van der Waals surface area contributed by atoms with E-state index in [0.717, 1.165) is 15.6 Å². The summed E-state index contributed by atoms with van der Waals surface area (Å²) in [7, 11) is -3.92. The zero-order valence-electron chi connectivity index (χ0n) is 16.7. The number of benzene rings is 2. The van der Waals surface area contributed by atoms with E-state index in [4.69, 9.17) is 5.26 Å². The minimum absolute atomic E-state index is 0.0427. The Hall–Kier alpha value is -3.74. The van der Waals surface area contributed by atoms with Gasteiger partial charge in [-0.1, -0.05) is 23.8 Å². The van der Waals surface area contributed by atoms with Gasteiger partial charge in [-0.2, -0.15) is 9.57 Å². The number of amides is 1. The molecule has 8 nitrogen and oxygen atoms in total. The minimum atomic E-state index is -3.92. The summed E-state index contributed by atoms with van der Waals surface area (Å²) < 4.78 is 27.4. The van der Waals surface area contributed by atoms with Crippen molar-refractivity contribution in [3.05, 3.63) is 78.0 Å². The summed E-state index contributed by atoms with van der Waals surface area (Å²) in [6.07, 6.45) is 1.54. The molecule has 1 aromatic heterocycles. The van der Waals surface area contributed by atoms with E-state index in [2.05, 4.69) is 10.3 Å². The first-order chi connectivity index (χ1) is 14.9. The molecule has 9 heteroatoms. The summed E-state index contributed by atoms with van der Waals surface area (Å²) in [5.74, 6) is -0.181. The van der Waals surface area contributed by atoms with E-state index in [1.54, 1.807) is 35.4 Å². The Morgan fingerprint density at radius 2 is 1.94 bits per heavy atom. The average molecular weight is 433 g/mol. The van der Waals surface area contributed by atoms with E-state index in [1.165, 1.54) is 12.1 Å². The van der Waals surface area contributed by atoms with E-state index in [9.17, 15) is 13.2 Å². The molecule has 0 saturated heterocycles. The number of nitrogens with one attached hydrogen (secondary N) is 1. The number of nitriles is 1. The second-order valence-corrected chi connectivity index (χ2v) is 8.99. The number of fused-ring (bicyclic) bond motifs is 1. The van der Waals surface area contributed by atoms with Gasteiger partial charge in [-0.25, -0.2) is 13.4 Å². The molecule has 156 valence electrons. The second kappa shape index (κ2) is 8.18. The van der Waals surface area contributed by atoms with Crippen molar-refractivity contribution in [1.29, 1.82) is 5.26 Å². The number of aromatic nitrogens is 1. The van der Waals surface area contributed by atoms with E-state index in [-0.39, 0.29) is 18.1 Å². The van der Waals surface area contributed by atoms with Crippen molar-refractivity contribution < 1.29 is 13.2 Å². The van der Waals surface area contributed by atoms with Crippen LogP contribution in [0.15, 0.2) is 71.8 Å². The normalized spacial score (nSPS) is 15.0. The summed E-state index contributed by atoms with van der Waals surface area (Å²) >= 11 is 0. The maximum absolute atomic E-state index is 13.2. The molecule has 0 unspecified atom stereocenters. The Morgan fingerprint density at radius 3 is 2.68 bits per heavy atom. The molecule has 0 saturated carbocycles. The molecule has 1 N–H and O–H groups in total. The van der Waals surface area contributed by atoms with Gasteiger partial charge in [-0.05, 0) is 49.4 Å². The molecule has 2 heterocycles. The van der Waals surface area contributed by atoms with Crippen molar-refractivity contribution in [1.82, 2.24) is 9.29 Å². The molecular formula is C22H19N5O3S. The summed E-state index contributed by atoms with van der Waals surface area (Å²) in [5.41, 5.74) is 2.67. The van der Waals surface area contributed by atoms with Crippen LogP contribution >= 0.6 is 0 Å². The Kier molecular flexibility index (Phi) is 5.42. The lowest BCUT2D eigenvalue weighted by Crippen LogP contribution is -2.47. The lowest BCUT2D eigenvalue weighted by atomic mass is 10.2. The molecule has 4 rings (SSSR count). The fourth-order valence-electron chi connectivity index (χ4n) is 3.32. The molecule has 0 radical (unpaired) electrons. The first-order valence-corrected chi connectivity index (χ1v) is 10.9. The van der Waals surface area contributed by atoms with Crippen LogP contribution < -0.4 is 10.2 Å². The topological polar surface area (TPSA) is 106 Å². The summed E-state index contributed by atoms with van der Waals surface area (Å²) in [5, 5.41) is 11.7. The largest absolute Gasteiger partial charge is 0.325 e. The predicted molar refractivity (Wildman–Crippen MR) is 116 cm³/mol. The van der Waals surface area contributed by atoms with E-state index in [1.807, 2.05) is 37.3 Å². The highest BCUT2D eigenvalue weighted by atomic mass is 32.2. The Labute approximate surface area is 180 Å². The van der Waals surface area contributed by atoms with Crippen molar-refractivity contribution in [3.8, 4) is 6.07 Å². The van der Waals surface area contributed by atoms with Crippen molar-refractivity contribution in [2.75, 3.05) is 23.4 Å². The summed E-state index contributed by atoms with van der Waals surface area (Å²) in [6.45, 7) is 1.53. The van der Waals surface area contributed by atoms with Crippen LogP contribution in [0.2, 0.25) is 0 Å². The third kappa shape index (κ3) is 4.12. The van der Waals surface area contributed by atoms with Gasteiger partial charge in [0.25, 0.3) is 0 Å². The zero-order valence-corrected chi connectivity index (χ0v) is 17.5. The van der Waals surface area contributed by atoms with Crippen LogP contribution in [0.25, 0.3) is 0 Å². The van der Waals surface area contributed by atoms with E-state index >= 15 is 0 Å². The quantitative estimate of drug-likeness (QED) is 0.678. The second-order valence-electron chi connectivity index (χ2n) is 7.09. The van der Waals surface area contributed by atoms with Gasteiger partial charge in [0.15, 0.2) is 5.82 Å². The number of sulfonamides is 1. The first-order valence-electron chi connectivity index (χ1n) is 9.48. The Bertz CT molecular complexity index is 1280. The number of rotatable bonds is 4. The standard InChI is InChI=1S/C22H19N5O3S/c1-16-7-9-19(10-8-16)27-15-26(31(29,30)20-6-3-11-24-22(20)27)14-21(28)25-18-5-2-4-17(12-18)13-23/h2-12H,14-15H2,1H3,(H,25,28). The van der Waals surface area contributed by atoms with Gasteiger partial charge >= 0.3 is 0 Å². The van der Waals surface area contributed by atoms with Crippen LogP contribution in [0.3, 0.4) is 0 Å². The number of pyridine rings is 1. The fourth-order valence-corrected chi connectivity index (χ4v) is 4.79. The van der Waals surface area contributed by atoms with Gasteiger partial charge in [0.2, 0.25) is 15.9 Å². The highest BCUT2D eigenvalue weighted by Gasteiger charge is 2.37. The van der Waals surface area contributed by atoms with Gasteiger partial charge < -0.3 is 10.2 Å². The molecule has 1 aliphatic rings. The molecule has 1 amide bonds. The van der Waals surface area contributed by atoms with Gasteiger partial charge in [-0.3, -0.25) is 4.79 Å². The first kappa shape index (κ1) is 20.5. The van der Waals surface area contributed by atoms with Crippen LogP contribution in [-0.2, 0) is 14.8 Å². The van der Waals surface area contributed by atoms with Gasteiger partial charge in [0.05, 0.1) is 24.8 Å².